The summed E-state index contributed by atoms with van der Waals surface area (Å²) in [7, 11) is 1.63. The van der Waals surface area contributed by atoms with Crippen LogP contribution in [0.2, 0.25) is 0 Å². The van der Waals surface area contributed by atoms with E-state index in [1.165, 1.54) is 4.57 Å². The van der Waals surface area contributed by atoms with Crippen LogP contribution < -0.4 is 11.5 Å². The van der Waals surface area contributed by atoms with Crippen molar-refractivity contribution in [2.45, 2.75) is 0 Å². The molecule has 0 amide bonds. The molecule has 12 heavy (non-hydrogen) atoms. The number of nitrogens with two attached hydrogens (primary N) is 1. The molecular weight excluding hydrogens is 156 g/mol. The third-order valence-electron chi connectivity index (χ3n) is 1.84. The quantitative estimate of drug-likeness (QED) is 0.583. The van der Waals surface area contributed by atoms with E-state index in [1.807, 2.05) is 0 Å². The Labute approximate surface area is 68.2 Å². The van der Waals surface area contributed by atoms with Crippen molar-refractivity contribution in [1.29, 1.82) is 0 Å². The molecule has 0 fully saturated rings. The highest BCUT2D eigenvalue weighted by Gasteiger charge is 2.06. The number of hydrogen-bond donors (Lipinski definition) is 1. The molecule has 0 saturated heterocycles. The molecular formula is C8H8N2O2. The van der Waals surface area contributed by atoms with E-state index >= 15 is 0 Å². The zero-order valence-electron chi connectivity index (χ0n) is 6.57. The number of benzene rings is 1. The third-order valence-corrected chi connectivity index (χ3v) is 1.84. The first-order valence-corrected chi connectivity index (χ1v) is 3.54. The van der Waals surface area contributed by atoms with E-state index < -0.39 is 0 Å². The maximum atomic E-state index is 11.0. The van der Waals surface area contributed by atoms with Gasteiger partial charge in [0.2, 0.25) is 0 Å². The van der Waals surface area contributed by atoms with Crippen molar-refractivity contribution in [2.24, 2.45) is 7.05 Å². The number of nitrogen functional groups attached to an aromatic ring is 1. The summed E-state index contributed by atoms with van der Waals surface area (Å²) >= 11 is 0. The van der Waals surface area contributed by atoms with Crippen LogP contribution in [0.4, 0.5) is 5.69 Å². The van der Waals surface area contributed by atoms with Crippen LogP contribution in [-0.2, 0) is 7.05 Å². The fourth-order valence-corrected chi connectivity index (χ4v) is 1.23. The van der Waals surface area contributed by atoms with Gasteiger partial charge in [0.05, 0.1) is 5.69 Å². The molecule has 4 heteroatoms. The molecule has 0 aliphatic heterocycles. The van der Waals surface area contributed by atoms with Crippen molar-refractivity contribution in [3.63, 3.8) is 0 Å². The van der Waals surface area contributed by atoms with Gasteiger partial charge in [0.15, 0.2) is 5.58 Å². The van der Waals surface area contributed by atoms with E-state index in [2.05, 4.69) is 0 Å². The van der Waals surface area contributed by atoms with Crippen LogP contribution in [-0.4, -0.2) is 4.57 Å². The number of oxazole rings is 1. The lowest BCUT2D eigenvalue weighted by Crippen LogP contribution is -2.09. The molecule has 0 aliphatic carbocycles. The van der Waals surface area contributed by atoms with Crippen molar-refractivity contribution >= 4 is 16.8 Å². The highest BCUT2D eigenvalue weighted by Crippen LogP contribution is 2.17. The minimum Gasteiger partial charge on any atom is -0.408 e. The van der Waals surface area contributed by atoms with E-state index in [4.69, 9.17) is 10.2 Å². The largest absolute Gasteiger partial charge is 0.419 e. The van der Waals surface area contributed by atoms with Crippen LogP contribution in [0.5, 0.6) is 0 Å². The van der Waals surface area contributed by atoms with E-state index in [-0.39, 0.29) is 5.76 Å². The maximum Gasteiger partial charge on any atom is 0.419 e. The number of rotatable bonds is 0. The van der Waals surface area contributed by atoms with Gasteiger partial charge in [-0.05, 0) is 12.1 Å². The Kier molecular flexibility index (Phi) is 1.24. The van der Waals surface area contributed by atoms with Crippen molar-refractivity contribution in [3.05, 3.63) is 28.7 Å². The Morgan fingerprint density at radius 2 is 2.25 bits per heavy atom. The van der Waals surface area contributed by atoms with Crippen LogP contribution in [0, 0.1) is 0 Å². The lowest BCUT2D eigenvalue weighted by molar-refractivity contribution is 0.528. The predicted molar refractivity (Wildman–Crippen MR) is 45.9 cm³/mol. The number of para-hydroxylation sites is 1. The van der Waals surface area contributed by atoms with Gasteiger partial charge in [0.1, 0.15) is 5.52 Å². The van der Waals surface area contributed by atoms with E-state index in [0.29, 0.717) is 16.8 Å². The molecule has 1 heterocycles. The molecule has 0 aliphatic rings. The molecule has 62 valence electrons. The number of aryl methyl sites for hydroxylation is 1. The van der Waals surface area contributed by atoms with Crippen molar-refractivity contribution in [2.75, 3.05) is 5.73 Å². The Bertz CT molecular complexity index is 481. The third kappa shape index (κ3) is 0.747. The van der Waals surface area contributed by atoms with Crippen LogP contribution in [0.3, 0.4) is 0 Å². The average molecular weight is 164 g/mol. The summed E-state index contributed by atoms with van der Waals surface area (Å²) in [6.07, 6.45) is 0. The monoisotopic (exact) mass is 164 g/mol. The van der Waals surface area contributed by atoms with Crippen molar-refractivity contribution in [1.82, 2.24) is 4.57 Å². The first-order valence-electron chi connectivity index (χ1n) is 3.54. The topological polar surface area (TPSA) is 61.2 Å². The molecule has 0 bridgehead atoms. The molecule has 0 spiro atoms. The van der Waals surface area contributed by atoms with Crippen LogP contribution in [0.15, 0.2) is 27.4 Å². The molecule has 0 saturated carbocycles. The second-order valence-corrected chi connectivity index (χ2v) is 2.62. The molecule has 1 aromatic carbocycles. The lowest BCUT2D eigenvalue weighted by atomic mass is 10.3. The molecule has 1 aromatic heterocycles. The summed E-state index contributed by atoms with van der Waals surface area (Å²) in [6.45, 7) is 0. The molecule has 2 N–H and O–H groups in total. The van der Waals surface area contributed by atoms with Gasteiger partial charge >= 0.3 is 5.76 Å². The van der Waals surface area contributed by atoms with Crippen molar-refractivity contribution < 1.29 is 4.42 Å². The second kappa shape index (κ2) is 2.14. The lowest BCUT2D eigenvalue weighted by Gasteiger charge is -1.94. The predicted octanol–water partition coefficient (Wildman–Crippen LogP) is 0.714. The number of nitrogens with zero attached hydrogens (tertiary/aromatic N) is 1. The second-order valence-electron chi connectivity index (χ2n) is 2.62. The standard InChI is InChI=1S/C8H8N2O2/c1-10-7-5(9)3-2-4-6(7)12-8(10)11/h2-4H,9H2,1H3. The summed E-state index contributed by atoms with van der Waals surface area (Å²) in [6, 6.07) is 5.20. The fourth-order valence-electron chi connectivity index (χ4n) is 1.23. The van der Waals surface area contributed by atoms with E-state index in [9.17, 15) is 4.79 Å². The zero-order chi connectivity index (χ0) is 8.72. The molecule has 0 unspecified atom stereocenters. The highest BCUT2D eigenvalue weighted by atomic mass is 16.4. The molecule has 2 rings (SSSR count). The van der Waals surface area contributed by atoms with Gasteiger partial charge in [0, 0.05) is 7.05 Å². The SMILES string of the molecule is Cn1c(=O)oc2cccc(N)c21. The number of fused-ring (bicyclic) bond motifs is 1. The zero-order valence-corrected chi connectivity index (χ0v) is 6.57. The van der Waals surface area contributed by atoms with Gasteiger partial charge in [-0.3, -0.25) is 4.57 Å². The molecule has 0 atom stereocenters. The Morgan fingerprint density at radius 1 is 1.50 bits per heavy atom. The molecule has 0 radical (unpaired) electrons. The van der Waals surface area contributed by atoms with Crippen molar-refractivity contribution in [3.8, 4) is 0 Å². The highest BCUT2D eigenvalue weighted by molar-refractivity contribution is 5.85. The number of hydrogen-bond acceptors (Lipinski definition) is 3. The minimum absolute atomic E-state index is 0.386. The number of anilines is 1. The Morgan fingerprint density at radius 3 is 2.92 bits per heavy atom. The van der Waals surface area contributed by atoms with E-state index in [0.717, 1.165) is 0 Å². The summed E-state index contributed by atoms with van der Waals surface area (Å²) < 4.78 is 6.30. The Balaban J connectivity index is 3.07. The van der Waals surface area contributed by atoms with Gasteiger partial charge in [-0.15, -0.1) is 0 Å². The summed E-state index contributed by atoms with van der Waals surface area (Å²) in [5.74, 6) is -0.386. The normalized spacial score (nSPS) is 10.8. The van der Waals surface area contributed by atoms with Crippen LogP contribution >= 0.6 is 0 Å². The van der Waals surface area contributed by atoms with Gasteiger partial charge in [-0.25, -0.2) is 4.79 Å². The Hall–Kier alpha value is -1.71. The van der Waals surface area contributed by atoms with Gasteiger partial charge in [-0.1, -0.05) is 6.07 Å². The summed E-state index contributed by atoms with van der Waals surface area (Å²) in [5.41, 5.74) is 7.39. The fraction of sp³-hybridized carbons (Fsp3) is 0.125. The molecule has 4 nitrogen and oxygen atoms in total. The first-order chi connectivity index (χ1) is 5.70. The van der Waals surface area contributed by atoms with Gasteiger partial charge in [0.25, 0.3) is 0 Å². The molecule has 2 aromatic rings. The van der Waals surface area contributed by atoms with Gasteiger partial charge in [-0.2, -0.15) is 0 Å². The maximum absolute atomic E-state index is 11.0. The van der Waals surface area contributed by atoms with Crippen LogP contribution in [0.1, 0.15) is 0 Å². The number of aromatic nitrogens is 1. The minimum atomic E-state index is -0.386. The van der Waals surface area contributed by atoms with Crippen LogP contribution in [0.25, 0.3) is 11.1 Å². The summed E-state index contributed by atoms with van der Waals surface area (Å²) in [4.78, 5) is 11.0. The van der Waals surface area contributed by atoms with Gasteiger partial charge < -0.3 is 10.2 Å². The van der Waals surface area contributed by atoms with E-state index in [1.54, 1.807) is 25.2 Å². The first kappa shape index (κ1) is 6.97. The average Bonchev–Trinajstić information content (AvgIpc) is 2.29. The summed E-state index contributed by atoms with van der Waals surface area (Å²) in [5, 5.41) is 0. The smallest absolute Gasteiger partial charge is 0.408 e.